The molecule has 2 heterocycles. The van der Waals surface area contributed by atoms with Crippen molar-refractivity contribution in [2.75, 3.05) is 18.8 Å². The number of fused-ring (bicyclic) bond motifs is 1. The standard InChI is InChI=1S/C19H18ClN3OS/c20-15-11-13(21)5-6-14(15)19(24)23-9-7-12(8-10-23)18-22-16-3-1-2-4-17(16)25-18/h1-6,11-12H,7-10,21H2. The quantitative estimate of drug-likeness (QED) is 0.672. The Morgan fingerprint density at radius 1 is 1.20 bits per heavy atom. The van der Waals surface area contributed by atoms with E-state index in [1.54, 1.807) is 29.5 Å². The molecule has 1 aliphatic heterocycles. The normalized spacial score (nSPS) is 15.6. The summed E-state index contributed by atoms with van der Waals surface area (Å²) in [5.41, 5.74) is 7.86. The minimum absolute atomic E-state index is 0.0206. The fourth-order valence-electron chi connectivity index (χ4n) is 3.27. The Morgan fingerprint density at radius 2 is 1.96 bits per heavy atom. The maximum absolute atomic E-state index is 12.7. The van der Waals surface area contributed by atoms with Gasteiger partial charge in [-0.15, -0.1) is 11.3 Å². The van der Waals surface area contributed by atoms with Crippen LogP contribution in [-0.4, -0.2) is 28.9 Å². The van der Waals surface area contributed by atoms with Gasteiger partial charge in [0.05, 0.1) is 25.8 Å². The first-order valence-electron chi connectivity index (χ1n) is 8.31. The van der Waals surface area contributed by atoms with Gasteiger partial charge in [-0.2, -0.15) is 0 Å². The predicted molar refractivity (Wildman–Crippen MR) is 103 cm³/mol. The van der Waals surface area contributed by atoms with E-state index in [0.717, 1.165) is 31.4 Å². The number of nitrogens with zero attached hydrogens (tertiary/aromatic N) is 2. The van der Waals surface area contributed by atoms with Crippen LogP contribution >= 0.6 is 22.9 Å². The smallest absolute Gasteiger partial charge is 0.255 e. The van der Waals surface area contributed by atoms with E-state index in [2.05, 4.69) is 12.1 Å². The minimum atomic E-state index is -0.0206. The minimum Gasteiger partial charge on any atom is -0.399 e. The van der Waals surface area contributed by atoms with E-state index in [0.29, 0.717) is 22.2 Å². The molecule has 1 aromatic heterocycles. The molecular weight excluding hydrogens is 354 g/mol. The Kier molecular flexibility index (Phi) is 4.36. The van der Waals surface area contributed by atoms with E-state index in [4.69, 9.17) is 22.3 Å². The number of halogens is 1. The Morgan fingerprint density at radius 3 is 2.68 bits per heavy atom. The number of amides is 1. The Hall–Kier alpha value is -2.11. The van der Waals surface area contributed by atoms with Gasteiger partial charge in [-0.05, 0) is 43.2 Å². The summed E-state index contributed by atoms with van der Waals surface area (Å²) < 4.78 is 1.23. The molecule has 4 nitrogen and oxygen atoms in total. The van der Waals surface area contributed by atoms with Crippen LogP contribution in [0.3, 0.4) is 0 Å². The second-order valence-corrected chi connectivity index (χ2v) is 7.80. The highest BCUT2D eigenvalue weighted by atomic mass is 35.5. The van der Waals surface area contributed by atoms with Gasteiger partial charge in [-0.3, -0.25) is 4.79 Å². The number of carbonyl (C=O) groups excluding carboxylic acids is 1. The second-order valence-electron chi connectivity index (χ2n) is 6.33. The predicted octanol–water partition coefficient (Wildman–Crippen LogP) is 4.55. The number of hydrogen-bond acceptors (Lipinski definition) is 4. The summed E-state index contributed by atoms with van der Waals surface area (Å²) in [6, 6.07) is 13.3. The topological polar surface area (TPSA) is 59.2 Å². The number of anilines is 1. The van der Waals surface area contributed by atoms with Crippen molar-refractivity contribution in [2.45, 2.75) is 18.8 Å². The number of rotatable bonds is 2. The van der Waals surface area contributed by atoms with Crippen LogP contribution < -0.4 is 5.73 Å². The van der Waals surface area contributed by atoms with Gasteiger partial charge in [0, 0.05) is 24.7 Å². The summed E-state index contributed by atoms with van der Waals surface area (Å²) >= 11 is 7.94. The summed E-state index contributed by atoms with van der Waals surface area (Å²) in [5, 5.41) is 1.59. The van der Waals surface area contributed by atoms with Crippen LogP contribution in [0.1, 0.15) is 34.1 Å². The van der Waals surface area contributed by atoms with E-state index in [1.807, 2.05) is 17.0 Å². The summed E-state index contributed by atoms with van der Waals surface area (Å²) in [4.78, 5) is 19.3. The van der Waals surface area contributed by atoms with Crippen LogP contribution in [0.4, 0.5) is 5.69 Å². The molecule has 0 aliphatic carbocycles. The number of likely N-dealkylation sites (tertiary alicyclic amines) is 1. The largest absolute Gasteiger partial charge is 0.399 e. The molecule has 25 heavy (non-hydrogen) atoms. The molecule has 0 unspecified atom stereocenters. The van der Waals surface area contributed by atoms with Crippen molar-refractivity contribution in [3.05, 3.63) is 58.1 Å². The number of nitrogens with two attached hydrogens (primary N) is 1. The van der Waals surface area contributed by atoms with Crippen molar-refractivity contribution in [3.8, 4) is 0 Å². The van der Waals surface area contributed by atoms with Gasteiger partial charge in [0.25, 0.3) is 5.91 Å². The van der Waals surface area contributed by atoms with Crippen molar-refractivity contribution in [1.29, 1.82) is 0 Å². The molecule has 1 fully saturated rings. The lowest BCUT2D eigenvalue weighted by molar-refractivity contribution is 0.0713. The summed E-state index contributed by atoms with van der Waals surface area (Å²) in [6.45, 7) is 1.44. The highest BCUT2D eigenvalue weighted by Gasteiger charge is 2.27. The van der Waals surface area contributed by atoms with Gasteiger partial charge < -0.3 is 10.6 Å². The Bertz CT molecular complexity index is 898. The van der Waals surface area contributed by atoms with Crippen molar-refractivity contribution in [2.24, 2.45) is 0 Å². The molecule has 1 amide bonds. The number of piperidine rings is 1. The number of nitrogen functional groups attached to an aromatic ring is 1. The zero-order valence-electron chi connectivity index (χ0n) is 13.6. The molecule has 128 valence electrons. The second kappa shape index (κ2) is 6.65. The summed E-state index contributed by atoms with van der Waals surface area (Å²) in [7, 11) is 0. The average molecular weight is 372 g/mol. The third-order valence-corrected chi connectivity index (χ3v) is 6.18. The fourth-order valence-corrected chi connectivity index (χ4v) is 4.68. The van der Waals surface area contributed by atoms with Crippen LogP contribution in [0, 0.1) is 0 Å². The Labute approximate surface area is 155 Å². The molecule has 1 saturated heterocycles. The molecule has 0 saturated carbocycles. The monoisotopic (exact) mass is 371 g/mol. The first kappa shape index (κ1) is 16.4. The van der Waals surface area contributed by atoms with Gasteiger partial charge in [-0.1, -0.05) is 23.7 Å². The number of hydrogen-bond donors (Lipinski definition) is 1. The third-order valence-electron chi connectivity index (χ3n) is 4.67. The van der Waals surface area contributed by atoms with Gasteiger partial charge in [-0.25, -0.2) is 4.98 Å². The number of aromatic nitrogens is 1. The highest BCUT2D eigenvalue weighted by Crippen LogP contribution is 2.34. The highest BCUT2D eigenvalue weighted by molar-refractivity contribution is 7.18. The third kappa shape index (κ3) is 3.22. The lowest BCUT2D eigenvalue weighted by atomic mass is 9.97. The molecule has 0 radical (unpaired) electrons. The molecule has 2 N–H and O–H groups in total. The van der Waals surface area contributed by atoms with E-state index >= 15 is 0 Å². The van der Waals surface area contributed by atoms with Crippen LogP contribution in [-0.2, 0) is 0 Å². The van der Waals surface area contributed by atoms with Gasteiger partial charge in [0.15, 0.2) is 0 Å². The summed E-state index contributed by atoms with van der Waals surface area (Å²) in [5.74, 6) is 0.399. The van der Waals surface area contributed by atoms with Crippen molar-refractivity contribution < 1.29 is 4.79 Å². The van der Waals surface area contributed by atoms with Crippen LogP contribution in [0.15, 0.2) is 42.5 Å². The van der Waals surface area contributed by atoms with Gasteiger partial charge >= 0.3 is 0 Å². The van der Waals surface area contributed by atoms with Crippen molar-refractivity contribution in [1.82, 2.24) is 9.88 Å². The molecular formula is C19H18ClN3OS. The SMILES string of the molecule is Nc1ccc(C(=O)N2CCC(c3nc4ccccc4s3)CC2)c(Cl)c1. The Balaban J connectivity index is 1.46. The van der Waals surface area contributed by atoms with Crippen LogP contribution in [0.5, 0.6) is 0 Å². The van der Waals surface area contributed by atoms with E-state index in [9.17, 15) is 4.79 Å². The zero-order chi connectivity index (χ0) is 17.4. The van der Waals surface area contributed by atoms with E-state index in [1.165, 1.54) is 9.71 Å². The van der Waals surface area contributed by atoms with Crippen molar-refractivity contribution in [3.63, 3.8) is 0 Å². The molecule has 0 spiro atoms. The van der Waals surface area contributed by atoms with Crippen molar-refractivity contribution >= 4 is 44.7 Å². The first-order valence-corrected chi connectivity index (χ1v) is 9.51. The maximum atomic E-state index is 12.7. The zero-order valence-corrected chi connectivity index (χ0v) is 15.2. The molecule has 4 rings (SSSR count). The molecule has 2 aromatic carbocycles. The summed E-state index contributed by atoms with van der Waals surface area (Å²) in [6.07, 6.45) is 1.86. The number of para-hydroxylation sites is 1. The molecule has 1 aliphatic rings. The fraction of sp³-hybridized carbons (Fsp3) is 0.263. The average Bonchev–Trinajstić information content (AvgIpc) is 3.05. The van der Waals surface area contributed by atoms with E-state index in [-0.39, 0.29) is 5.91 Å². The van der Waals surface area contributed by atoms with Gasteiger partial charge in [0.1, 0.15) is 0 Å². The maximum Gasteiger partial charge on any atom is 0.255 e. The van der Waals surface area contributed by atoms with Gasteiger partial charge in [0.2, 0.25) is 0 Å². The molecule has 3 aromatic rings. The molecule has 6 heteroatoms. The first-order chi connectivity index (χ1) is 12.1. The molecule has 0 atom stereocenters. The molecule has 0 bridgehead atoms. The van der Waals surface area contributed by atoms with Crippen LogP contribution in [0.2, 0.25) is 5.02 Å². The number of carbonyl (C=O) groups is 1. The van der Waals surface area contributed by atoms with E-state index < -0.39 is 0 Å². The van der Waals surface area contributed by atoms with Crippen LogP contribution in [0.25, 0.3) is 10.2 Å². The lowest BCUT2D eigenvalue weighted by Gasteiger charge is -2.31. The number of thiazole rings is 1. The lowest BCUT2D eigenvalue weighted by Crippen LogP contribution is -2.38. The number of benzene rings is 2.